The van der Waals surface area contributed by atoms with Crippen LogP contribution in [0.4, 0.5) is 0 Å². The molecule has 0 aliphatic rings. The number of nitrogens with one attached hydrogen (secondary N) is 1. The Bertz CT molecular complexity index is 284. The molecular formula is C9H11NS2. The second kappa shape index (κ2) is 4.48. The zero-order valence-electron chi connectivity index (χ0n) is 6.87. The highest BCUT2D eigenvalue weighted by molar-refractivity contribution is 8.11. The number of rotatable bonds is 2. The lowest BCUT2D eigenvalue weighted by Crippen LogP contribution is -2.15. The zero-order chi connectivity index (χ0) is 8.97. The molecule has 0 atom stereocenters. The van der Waals surface area contributed by atoms with Gasteiger partial charge in [-0.05, 0) is 18.1 Å². The highest BCUT2D eigenvalue weighted by Gasteiger charge is 1.95. The second-order valence-corrected chi connectivity index (χ2v) is 3.74. The van der Waals surface area contributed by atoms with Crippen LogP contribution in [0.2, 0.25) is 0 Å². The van der Waals surface area contributed by atoms with E-state index in [0.29, 0.717) is 4.32 Å². The van der Waals surface area contributed by atoms with Crippen LogP contribution >= 0.6 is 24.8 Å². The fraction of sp³-hybridized carbons (Fsp3) is 0.222. The normalized spacial score (nSPS) is 9.50. The molecule has 64 valence electrons. The zero-order valence-corrected chi connectivity index (χ0v) is 8.58. The third-order valence-electron chi connectivity index (χ3n) is 1.69. The SMILES string of the molecule is Cc1ccccc1CNC(=S)S. The van der Waals surface area contributed by atoms with E-state index in [1.165, 1.54) is 11.1 Å². The maximum atomic E-state index is 4.79. The van der Waals surface area contributed by atoms with Crippen LogP contribution in [0.15, 0.2) is 24.3 Å². The van der Waals surface area contributed by atoms with Crippen molar-refractivity contribution in [1.29, 1.82) is 0 Å². The first-order valence-electron chi connectivity index (χ1n) is 3.71. The summed E-state index contributed by atoms with van der Waals surface area (Å²) in [5, 5.41) is 3.00. The van der Waals surface area contributed by atoms with E-state index in [9.17, 15) is 0 Å². The summed E-state index contributed by atoms with van der Waals surface area (Å²) in [6.45, 7) is 2.84. The van der Waals surface area contributed by atoms with E-state index in [0.717, 1.165) is 6.54 Å². The molecule has 0 saturated carbocycles. The second-order valence-electron chi connectivity index (χ2n) is 2.59. The maximum absolute atomic E-state index is 4.79. The minimum Gasteiger partial charge on any atom is -0.367 e. The Morgan fingerprint density at radius 2 is 2.17 bits per heavy atom. The fourth-order valence-electron chi connectivity index (χ4n) is 0.979. The quantitative estimate of drug-likeness (QED) is 0.557. The minimum atomic E-state index is 0.540. The Morgan fingerprint density at radius 1 is 1.50 bits per heavy atom. The van der Waals surface area contributed by atoms with Gasteiger partial charge in [-0.25, -0.2) is 0 Å². The standard InChI is InChI=1S/C9H11NS2/c1-7-4-2-3-5-8(7)6-10-9(11)12/h2-5H,6H2,1H3,(H2,10,11,12). The summed E-state index contributed by atoms with van der Waals surface area (Å²) in [5.74, 6) is 0. The Labute approximate surface area is 83.6 Å². The smallest absolute Gasteiger partial charge is 0.130 e. The number of aryl methyl sites for hydroxylation is 1. The van der Waals surface area contributed by atoms with Gasteiger partial charge in [0.25, 0.3) is 0 Å². The molecule has 1 aromatic carbocycles. The first kappa shape index (κ1) is 9.55. The van der Waals surface area contributed by atoms with Crippen molar-refractivity contribution in [3.63, 3.8) is 0 Å². The van der Waals surface area contributed by atoms with E-state index in [1.54, 1.807) is 0 Å². The van der Waals surface area contributed by atoms with Crippen molar-refractivity contribution in [2.75, 3.05) is 0 Å². The van der Waals surface area contributed by atoms with Crippen molar-refractivity contribution in [2.45, 2.75) is 13.5 Å². The molecular weight excluding hydrogens is 186 g/mol. The average Bonchev–Trinajstić information content (AvgIpc) is 2.03. The molecule has 1 rings (SSSR count). The fourth-order valence-corrected chi connectivity index (χ4v) is 1.13. The molecule has 1 nitrogen and oxygen atoms in total. The third-order valence-corrected chi connectivity index (χ3v) is 1.99. The number of benzene rings is 1. The van der Waals surface area contributed by atoms with E-state index >= 15 is 0 Å². The molecule has 0 bridgehead atoms. The van der Waals surface area contributed by atoms with Crippen molar-refractivity contribution in [3.05, 3.63) is 35.4 Å². The number of hydrogen-bond acceptors (Lipinski definition) is 1. The van der Waals surface area contributed by atoms with Gasteiger partial charge in [0, 0.05) is 6.54 Å². The van der Waals surface area contributed by atoms with Gasteiger partial charge in [-0.3, -0.25) is 0 Å². The predicted molar refractivity (Wildman–Crippen MR) is 59.6 cm³/mol. The molecule has 0 aliphatic heterocycles. The van der Waals surface area contributed by atoms with E-state index in [-0.39, 0.29) is 0 Å². The first-order valence-corrected chi connectivity index (χ1v) is 4.57. The van der Waals surface area contributed by atoms with E-state index in [4.69, 9.17) is 12.2 Å². The van der Waals surface area contributed by atoms with Gasteiger partial charge in [-0.2, -0.15) is 0 Å². The molecule has 0 spiro atoms. The van der Waals surface area contributed by atoms with Crippen molar-refractivity contribution < 1.29 is 0 Å². The van der Waals surface area contributed by atoms with Gasteiger partial charge in [-0.1, -0.05) is 36.5 Å². The lowest BCUT2D eigenvalue weighted by molar-refractivity contribution is 0.929. The number of thiocarbonyl (C=S) groups is 1. The molecule has 0 heterocycles. The van der Waals surface area contributed by atoms with Gasteiger partial charge in [0.05, 0.1) is 0 Å². The minimum absolute atomic E-state index is 0.540. The van der Waals surface area contributed by atoms with Gasteiger partial charge >= 0.3 is 0 Å². The topological polar surface area (TPSA) is 12.0 Å². The monoisotopic (exact) mass is 197 g/mol. The van der Waals surface area contributed by atoms with Crippen molar-refractivity contribution >= 4 is 29.2 Å². The molecule has 3 heteroatoms. The summed E-state index contributed by atoms with van der Waals surface area (Å²) < 4.78 is 0.540. The van der Waals surface area contributed by atoms with Crippen LogP contribution in [0.25, 0.3) is 0 Å². The van der Waals surface area contributed by atoms with E-state index < -0.39 is 0 Å². The Kier molecular flexibility index (Phi) is 3.56. The molecule has 0 fully saturated rings. The Hall–Kier alpha value is -0.540. The van der Waals surface area contributed by atoms with Gasteiger partial charge in [0.15, 0.2) is 0 Å². The van der Waals surface area contributed by atoms with Crippen LogP contribution < -0.4 is 5.32 Å². The molecule has 0 aromatic heterocycles. The molecule has 0 radical (unpaired) electrons. The van der Waals surface area contributed by atoms with Crippen molar-refractivity contribution in [1.82, 2.24) is 5.32 Å². The van der Waals surface area contributed by atoms with Crippen LogP contribution in [0.1, 0.15) is 11.1 Å². The average molecular weight is 197 g/mol. The lowest BCUT2D eigenvalue weighted by atomic mass is 10.1. The third kappa shape index (κ3) is 2.83. The molecule has 1 aromatic rings. The van der Waals surface area contributed by atoms with Crippen LogP contribution in [0.3, 0.4) is 0 Å². The van der Waals surface area contributed by atoms with Gasteiger partial charge in [0.2, 0.25) is 0 Å². The summed E-state index contributed by atoms with van der Waals surface area (Å²) in [6.07, 6.45) is 0. The summed E-state index contributed by atoms with van der Waals surface area (Å²) >= 11 is 8.77. The Morgan fingerprint density at radius 3 is 2.75 bits per heavy atom. The van der Waals surface area contributed by atoms with Gasteiger partial charge in [-0.15, -0.1) is 12.6 Å². The van der Waals surface area contributed by atoms with Crippen LogP contribution in [0.5, 0.6) is 0 Å². The molecule has 0 amide bonds. The largest absolute Gasteiger partial charge is 0.367 e. The van der Waals surface area contributed by atoms with Crippen LogP contribution in [-0.4, -0.2) is 4.32 Å². The molecule has 0 aliphatic carbocycles. The maximum Gasteiger partial charge on any atom is 0.130 e. The molecule has 0 unspecified atom stereocenters. The Balaban J connectivity index is 2.63. The summed E-state index contributed by atoms with van der Waals surface area (Å²) in [4.78, 5) is 0. The van der Waals surface area contributed by atoms with Gasteiger partial charge < -0.3 is 5.32 Å². The predicted octanol–water partition coefficient (Wildman–Crippen LogP) is 2.30. The van der Waals surface area contributed by atoms with Crippen LogP contribution in [-0.2, 0) is 6.54 Å². The number of thiol groups is 1. The highest BCUT2D eigenvalue weighted by Crippen LogP contribution is 2.05. The summed E-state index contributed by atoms with van der Waals surface area (Å²) in [6, 6.07) is 8.20. The molecule has 0 saturated heterocycles. The van der Waals surface area contributed by atoms with Crippen LogP contribution in [0, 0.1) is 6.92 Å². The first-order chi connectivity index (χ1) is 5.70. The van der Waals surface area contributed by atoms with Crippen molar-refractivity contribution in [2.24, 2.45) is 0 Å². The van der Waals surface area contributed by atoms with Crippen molar-refractivity contribution in [3.8, 4) is 0 Å². The lowest BCUT2D eigenvalue weighted by Gasteiger charge is -2.05. The van der Waals surface area contributed by atoms with E-state index in [1.807, 2.05) is 12.1 Å². The van der Waals surface area contributed by atoms with Gasteiger partial charge in [0.1, 0.15) is 4.32 Å². The summed E-state index contributed by atoms with van der Waals surface area (Å²) in [5.41, 5.74) is 2.53. The summed E-state index contributed by atoms with van der Waals surface area (Å²) in [7, 11) is 0. The molecule has 12 heavy (non-hydrogen) atoms. The number of hydrogen-bond donors (Lipinski definition) is 2. The highest BCUT2D eigenvalue weighted by atomic mass is 32.1. The molecule has 1 N–H and O–H groups in total. The van der Waals surface area contributed by atoms with E-state index in [2.05, 4.69) is 37.0 Å².